The molecule has 1 rings (SSSR count). The van der Waals surface area contributed by atoms with E-state index in [2.05, 4.69) is 31.3 Å². The Kier molecular flexibility index (Phi) is 57.7. The van der Waals surface area contributed by atoms with Gasteiger partial charge in [0.25, 0.3) is 0 Å². The molecule has 0 bridgehead atoms. The van der Waals surface area contributed by atoms with Gasteiger partial charge < -0.3 is 40.3 Å². The first-order chi connectivity index (χ1) is 38.8. The first-order valence-corrected chi connectivity index (χ1v) is 35.4. The average molecular weight is 1120 g/mol. The molecule has 7 atom stereocenters. The highest BCUT2D eigenvalue weighted by molar-refractivity contribution is 5.76. The van der Waals surface area contributed by atoms with Crippen LogP contribution in [0.5, 0.6) is 0 Å². The lowest BCUT2D eigenvalue weighted by atomic mass is 9.99. The second kappa shape index (κ2) is 60.1. The third kappa shape index (κ3) is 49.0. The smallest absolute Gasteiger partial charge is 0.220 e. The molecule has 1 saturated heterocycles. The van der Waals surface area contributed by atoms with Crippen molar-refractivity contribution < 1.29 is 39.8 Å². The summed E-state index contributed by atoms with van der Waals surface area (Å²) in [5, 5.41) is 54.8. The van der Waals surface area contributed by atoms with Crippen molar-refractivity contribution in [1.82, 2.24) is 5.32 Å². The molecule has 0 radical (unpaired) electrons. The molecular weight excluding hydrogens is 983 g/mol. The van der Waals surface area contributed by atoms with Gasteiger partial charge in [-0.3, -0.25) is 4.79 Å². The molecule has 9 heteroatoms. The maximum absolute atomic E-state index is 13.1. The normalized spacial score (nSPS) is 18.5. The van der Waals surface area contributed by atoms with Gasteiger partial charge in [-0.2, -0.15) is 0 Å². The second-order valence-electron chi connectivity index (χ2n) is 25.0. The minimum Gasteiger partial charge on any atom is -0.394 e. The van der Waals surface area contributed by atoms with Crippen molar-refractivity contribution in [2.75, 3.05) is 13.2 Å². The Hall–Kier alpha value is -1.07. The summed E-state index contributed by atoms with van der Waals surface area (Å²) < 4.78 is 11.4. The first-order valence-electron chi connectivity index (χ1n) is 35.4. The number of rotatable bonds is 63. The fourth-order valence-corrected chi connectivity index (χ4v) is 11.8. The molecule has 7 unspecified atom stereocenters. The molecule has 0 spiro atoms. The minimum absolute atomic E-state index is 0.131. The van der Waals surface area contributed by atoms with Crippen LogP contribution in [0.1, 0.15) is 373 Å². The molecule has 0 aromatic carbocycles. The molecule has 0 aliphatic carbocycles. The first kappa shape index (κ1) is 75.9. The van der Waals surface area contributed by atoms with Crippen molar-refractivity contribution in [3.63, 3.8) is 0 Å². The highest BCUT2D eigenvalue weighted by Crippen LogP contribution is 2.24. The van der Waals surface area contributed by atoms with Crippen LogP contribution in [0.15, 0.2) is 12.2 Å². The number of ether oxygens (including phenoxy) is 2. The van der Waals surface area contributed by atoms with E-state index < -0.39 is 49.5 Å². The molecule has 1 amide bonds. The SMILES string of the molecule is CCCCCCCCCC/C=C\CCCCCCCCCCCCCCCCCCCCCCCCCCCCCC(=O)NC(COC1OC(CO)C(O)C(O)C1O)C(O)CCCCCCCCCCCCCCCCCCC. The Morgan fingerprint density at radius 2 is 0.709 bits per heavy atom. The number of aliphatic hydroxyl groups is 5. The lowest BCUT2D eigenvalue weighted by Gasteiger charge is -2.40. The maximum atomic E-state index is 13.1. The number of amides is 1. The van der Waals surface area contributed by atoms with E-state index in [4.69, 9.17) is 9.47 Å². The van der Waals surface area contributed by atoms with Crippen molar-refractivity contribution in [3.05, 3.63) is 12.2 Å². The summed E-state index contributed by atoms with van der Waals surface area (Å²) in [6.07, 6.45) is 70.2. The van der Waals surface area contributed by atoms with E-state index in [1.165, 1.54) is 308 Å². The van der Waals surface area contributed by atoms with Gasteiger partial charge in [0, 0.05) is 6.42 Å². The van der Waals surface area contributed by atoms with Gasteiger partial charge in [0.1, 0.15) is 24.4 Å². The van der Waals surface area contributed by atoms with Crippen LogP contribution in [-0.2, 0) is 14.3 Å². The van der Waals surface area contributed by atoms with Crippen molar-refractivity contribution in [2.45, 2.75) is 416 Å². The van der Waals surface area contributed by atoms with Gasteiger partial charge in [0.05, 0.1) is 25.4 Å². The second-order valence-corrected chi connectivity index (χ2v) is 25.0. The monoisotopic (exact) mass is 1120 g/mol. The van der Waals surface area contributed by atoms with Gasteiger partial charge in [-0.25, -0.2) is 0 Å². The van der Waals surface area contributed by atoms with Crippen molar-refractivity contribution in [3.8, 4) is 0 Å². The quantitative estimate of drug-likeness (QED) is 0.0261. The number of unbranched alkanes of at least 4 members (excludes halogenated alkanes) is 51. The molecule has 0 aromatic rings. The lowest BCUT2D eigenvalue weighted by molar-refractivity contribution is -0.302. The molecule has 1 fully saturated rings. The van der Waals surface area contributed by atoms with Crippen molar-refractivity contribution in [1.29, 1.82) is 0 Å². The Labute approximate surface area is 490 Å². The molecule has 1 aliphatic heterocycles. The number of carbonyl (C=O) groups is 1. The summed E-state index contributed by atoms with van der Waals surface area (Å²) in [5.41, 5.74) is 0. The summed E-state index contributed by atoms with van der Waals surface area (Å²) in [6, 6.07) is -0.715. The Bertz CT molecular complexity index is 1250. The lowest BCUT2D eigenvalue weighted by Crippen LogP contribution is -2.60. The summed E-state index contributed by atoms with van der Waals surface area (Å²) in [5.74, 6) is -0.135. The van der Waals surface area contributed by atoms with E-state index in [0.29, 0.717) is 12.8 Å². The number of carbonyl (C=O) groups excluding carboxylic acids is 1. The van der Waals surface area contributed by atoms with E-state index in [0.717, 1.165) is 38.5 Å². The van der Waals surface area contributed by atoms with Crippen molar-refractivity contribution in [2.24, 2.45) is 0 Å². The third-order valence-electron chi connectivity index (χ3n) is 17.4. The van der Waals surface area contributed by atoms with E-state index in [9.17, 15) is 30.3 Å². The highest BCUT2D eigenvalue weighted by atomic mass is 16.7. The maximum Gasteiger partial charge on any atom is 0.220 e. The molecular formula is C70H137NO8. The zero-order valence-electron chi connectivity index (χ0n) is 52.7. The summed E-state index contributed by atoms with van der Waals surface area (Å²) in [7, 11) is 0. The summed E-state index contributed by atoms with van der Waals surface area (Å²) in [4.78, 5) is 13.1. The van der Waals surface area contributed by atoms with Crippen LogP contribution in [0.2, 0.25) is 0 Å². The predicted octanol–water partition coefficient (Wildman–Crippen LogP) is 19.1. The number of hydrogen-bond donors (Lipinski definition) is 6. The summed E-state index contributed by atoms with van der Waals surface area (Å²) in [6.45, 7) is 3.89. The average Bonchev–Trinajstić information content (AvgIpc) is 3.48. The Morgan fingerprint density at radius 1 is 0.418 bits per heavy atom. The molecule has 1 aliphatic rings. The third-order valence-corrected chi connectivity index (χ3v) is 17.4. The van der Waals surface area contributed by atoms with Gasteiger partial charge in [-0.05, 0) is 38.5 Å². The van der Waals surface area contributed by atoms with Crippen LogP contribution in [0.25, 0.3) is 0 Å². The topological polar surface area (TPSA) is 149 Å². The fourth-order valence-electron chi connectivity index (χ4n) is 11.8. The largest absolute Gasteiger partial charge is 0.394 e. The van der Waals surface area contributed by atoms with Gasteiger partial charge in [0.15, 0.2) is 6.29 Å². The van der Waals surface area contributed by atoms with Crippen LogP contribution in [0, 0.1) is 0 Å². The van der Waals surface area contributed by atoms with Crippen LogP contribution in [0.4, 0.5) is 0 Å². The van der Waals surface area contributed by atoms with Crippen LogP contribution in [0.3, 0.4) is 0 Å². The number of aliphatic hydroxyl groups excluding tert-OH is 5. The molecule has 79 heavy (non-hydrogen) atoms. The van der Waals surface area contributed by atoms with Gasteiger partial charge in [-0.15, -0.1) is 0 Å². The van der Waals surface area contributed by atoms with E-state index in [-0.39, 0.29) is 12.5 Å². The predicted molar refractivity (Wildman–Crippen MR) is 337 cm³/mol. The Balaban J connectivity index is 2.02. The Morgan fingerprint density at radius 3 is 1.03 bits per heavy atom. The highest BCUT2D eigenvalue weighted by Gasteiger charge is 2.44. The molecule has 0 saturated carbocycles. The fraction of sp³-hybridized carbons (Fsp3) is 0.957. The van der Waals surface area contributed by atoms with Gasteiger partial charge in [0.2, 0.25) is 5.91 Å². The van der Waals surface area contributed by atoms with Gasteiger partial charge >= 0.3 is 0 Å². The van der Waals surface area contributed by atoms with E-state index in [1.807, 2.05) is 0 Å². The van der Waals surface area contributed by atoms with Crippen LogP contribution < -0.4 is 5.32 Å². The molecule has 9 nitrogen and oxygen atoms in total. The van der Waals surface area contributed by atoms with Gasteiger partial charge in [-0.1, -0.05) is 341 Å². The standard InChI is InChI=1S/C70H137NO8/c1-3-5-7-9-11-13-15-17-19-21-22-23-24-25-26-27-28-29-30-31-32-33-34-35-36-37-38-39-40-41-42-44-46-48-50-52-54-56-58-60-66(74)71-63(62-78-70-69(77)68(76)67(75)65(61-72)79-70)64(73)59-57-55-53-51-49-47-45-43-20-18-16-14-12-10-8-6-4-2/h21-22,63-65,67-70,72-73,75-77H,3-20,23-62H2,1-2H3,(H,71,74)/b22-21-. The van der Waals surface area contributed by atoms with Crippen LogP contribution >= 0.6 is 0 Å². The molecule has 6 N–H and O–H groups in total. The molecule has 470 valence electrons. The molecule has 1 heterocycles. The molecule has 0 aromatic heterocycles. The number of hydrogen-bond acceptors (Lipinski definition) is 8. The zero-order valence-corrected chi connectivity index (χ0v) is 52.7. The zero-order chi connectivity index (χ0) is 57.2. The van der Waals surface area contributed by atoms with Crippen molar-refractivity contribution >= 4 is 5.91 Å². The minimum atomic E-state index is -1.55. The van der Waals surface area contributed by atoms with Crippen LogP contribution in [-0.4, -0.2) is 87.5 Å². The van der Waals surface area contributed by atoms with E-state index in [1.54, 1.807) is 0 Å². The van der Waals surface area contributed by atoms with E-state index >= 15 is 0 Å². The summed E-state index contributed by atoms with van der Waals surface area (Å²) >= 11 is 0. The number of nitrogens with one attached hydrogen (secondary N) is 1. The number of allylic oxidation sites excluding steroid dienone is 2.